The molecule has 2 nitrogen and oxygen atoms in total. The Kier molecular flexibility index (Phi) is 3.64. The summed E-state index contributed by atoms with van der Waals surface area (Å²) in [4.78, 5) is 11.9. The lowest BCUT2D eigenvalue weighted by Gasteiger charge is -1.99. The lowest BCUT2D eigenvalue weighted by atomic mass is 10.1. The maximum absolute atomic E-state index is 11.9. The van der Waals surface area contributed by atoms with Crippen molar-refractivity contribution < 1.29 is 9.21 Å². The lowest BCUT2D eigenvalue weighted by molar-refractivity contribution is 0.0986. The Morgan fingerprint density at radius 1 is 1.12 bits per heavy atom. The summed E-state index contributed by atoms with van der Waals surface area (Å²) in [6, 6.07) is 10.7. The number of aryl methyl sites for hydroxylation is 1. The molecule has 0 radical (unpaired) electrons. The summed E-state index contributed by atoms with van der Waals surface area (Å²) in [5, 5.41) is 0.632. The van der Waals surface area contributed by atoms with Crippen LogP contribution in [0.5, 0.6) is 0 Å². The van der Waals surface area contributed by atoms with Crippen LogP contribution < -0.4 is 0 Å². The highest BCUT2D eigenvalue weighted by atomic mass is 35.5. The van der Waals surface area contributed by atoms with Crippen LogP contribution in [0.2, 0.25) is 5.02 Å². The fraction of sp³-hybridized carbons (Fsp3) is 0.214. The van der Waals surface area contributed by atoms with Gasteiger partial charge in [0.15, 0.2) is 5.78 Å². The molecular weight excluding hydrogens is 236 g/mol. The highest BCUT2D eigenvalue weighted by molar-refractivity contribution is 6.30. The van der Waals surface area contributed by atoms with Crippen molar-refractivity contribution in [2.45, 2.75) is 19.8 Å². The van der Waals surface area contributed by atoms with E-state index < -0.39 is 0 Å². The molecular formula is C14H13ClO2. The van der Waals surface area contributed by atoms with Crippen molar-refractivity contribution in [1.82, 2.24) is 0 Å². The van der Waals surface area contributed by atoms with Gasteiger partial charge in [0.05, 0.1) is 6.42 Å². The van der Waals surface area contributed by atoms with Gasteiger partial charge in [-0.3, -0.25) is 4.79 Å². The van der Waals surface area contributed by atoms with Gasteiger partial charge in [-0.05, 0) is 36.4 Å². The van der Waals surface area contributed by atoms with Gasteiger partial charge in [-0.15, -0.1) is 0 Å². The molecule has 0 bridgehead atoms. The Bertz CT molecular complexity index is 511. The minimum atomic E-state index is 0.0404. The molecule has 0 aliphatic heterocycles. The van der Waals surface area contributed by atoms with Crippen molar-refractivity contribution in [2.75, 3.05) is 0 Å². The number of carbonyl (C=O) groups excluding carboxylic acids is 1. The second-order valence-corrected chi connectivity index (χ2v) is 4.26. The summed E-state index contributed by atoms with van der Waals surface area (Å²) < 4.78 is 5.50. The first-order valence-corrected chi connectivity index (χ1v) is 5.93. The van der Waals surface area contributed by atoms with Gasteiger partial charge in [-0.2, -0.15) is 0 Å². The van der Waals surface area contributed by atoms with Gasteiger partial charge < -0.3 is 4.42 Å². The molecule has 0 atom stereocenters. The molecule has 0 aliphatic rings. The third-order valence-electron chi connectivity index (χ3n) is 2.57. The van der Waals surface area contributed by atoms with Gasteiger partial charge in [0.2, 0.25) is 0 Å². The molecule has 1 aromatic heterocycles. The maximum atomic E-state index is 11.9. The molecule has 88 valence electrons. The van der Waals surface area contributed by atoms with Gasteiger partial charge >= 0.3 is 0 Å². The molecule has 0 saturated carbocycles. The van der Waals surface area contributed by atoms with E-state index in [1.54, 1.807) is 24.3 Å². The van der Waals surface area contributed by atoms with Crippen molar-refractivity contribution in [3.05, 3.63) is 58.5 Å². The van der Waals surface area contributed by atoms with Crippen molar-refractivity contribution in [3.8, 4) is 0 Å². The molecule has 0 aliphatic carbocycles. The minimum absolute atomic E-state index is 0.0404. The smallest absolute Gasteiger partial charge is 0.170 e. The van der Waals surface area contributed by atoms with Crippen LogP contribution in [-0.4, -0.2) is 5.78 Å². The number of furan rings is 1. The fourth-order valence-corrected chi connectivity index (χ4v) is 1.73. The van der Waals surface area contributed by atoms with Gasteiger partial charge in [0.1, 0.15) is 11.5 Å². The molecule has 2 aromatic rings. The van der Waals surface area contributed by atoms with E-state index in [-0.39, 0.29) is 5.78 Å². The van der Waals surface area contributed by atoms with Gasteiger partial charge in [-0.1, -0.05) is 18.5 Å². The summed E-state index contributed by atoms with van der Waals surface area (Å²) in [5.74, 6) is 1.66. The van der Waals surface area contributed by atoms with Crippen LogP contribution in [0.25, 0.3) is 0 Å². The van der Waals surface area contributed by atoms with E-state index in [1.807, 2.05) is 19.1 Å². The molecule has 1 aromatic carbocycles. The van der Waals surface area contributed by atoms with Crippen LogP contribution >= 0.6 is 11.6 Å². The average molecular weight is 249 g/mol. The molecule has 2 rings (SSSR count). The number of carbonyl (C=O) groups is 1. The third-order valence-corrected chi connectivity index (χ3v) is 2.82. The third kappa shape index (κ3) is 2.98. The number of ketones is 1. The monoisotopic (exact) mass is 248 g/mol. The largest absolute Gasteiger partial charge is 0.466 e. The zero-order valence-corrected chi connectivity index (χ0v) is 10.3. The second-order valence-electron chi connectivity index (χ2n) is 3.83. The Morgan fingerprint density at radius 2 is 1.76 bits per heavy atom. The minimum Gasteiger partial charge on any atom is -0.466 e. The summed E-state index contributed by atoms with van der Waals surface area (Å²) in [6.07, 6.45) is 1.14. The van der Waals surface area contributed by atoms with Crippen molar-refractivity contribution >= 4 is 17.4 Å². The van der Waals surface area contributed by atoms with Crippen molar-refractivity contribution in [3.63, 3.8) is 0 Å². The standard InChI is InChI=1S/C14H13ClO2/c1-2-12-7-8-13(17-12)9-14(16)10-3-5-11(15)6-4-10/h3-8H,2,9H2,1H3. The molecule has 0 unspecified atom stereocenters. The van der Waals surface area contributed by atoms with E-state index in [2.05, 4.69) is 0 Å². The average Bonchev–Trinajstić information content (AvgIpc) is 2.77. The van der Waals surface area contributed by atoms with Crippen LogP contribution in [0, 0.1) is 0 Å². The first-order valence-electron chi connectivity index (χ1n) is 5.55. The highest BCUT2D eigenvalue weighted by Gasteiger charge is 2.09. The van der Waals surface area contributed by atoms with E-state index in [4.69, 9.17) is 16.0 Å². The van der Waals surface area contributed by atoms with Crippen molar-refractivity contribution in [1.29, 1.82) is 0 Å². The van der Waals surface area contributed by atoms with E-state index >= 15 is 0 Å². The molecule has 1 heterocycles. The van der Waals surface area contributed by atoms with Crippen LogP contribution in [0.1, 0.15) is 28.8 Å². The zero-order chi connectivity index (χ0) is 12.3. The molecule has 0 N–H and O–H groups in total. The van der Waals surface area contributed by atoms with Crippen LogP contribution in [-0.2, 0) is 12.8 Å². The fourth-order valence-electron chi connectivity index (χ4n) is 1.60. The predicted molar refractivity (Wildman–Crippen MR) is 67.6 cm³/mol. The Hall–Kier alpha value is -1.54. The molecule has 0 fully saturated rings. The molecule has 17 heavy (non-hydrogen) atoms. The summed E-state index contributed by atoms with van der Waals surface area (Å²) in [7, 11) is 0. The number of benzene rings is 1. The first kappa shape index (κ1) is 11.9. The summed E-state index contributed by atoms with van der Waals surface area (Å²) >= 11 is 5.77. The number of hydrogen-bond acceptors (Lipinski definition) is 2. The lowest BCUT2D eigenvalue weighted by Crippen LogP contribution is -2.02. The Labute approximate surface area is 105 Å². The van der Waals surface area contributed by atoms with Crippen LogP contribution in [0.3, 0.4) is 0 Å². The van der Waals surface area contributed by atoms with Gasteiger partial charge in [0.25, 0.3) is 0 Å². The van der Waals surface area contributed by atoms with E-state index in [0.29, 0.717) is 22.8 Å². The normalized spacial score (nSPS) is 10.5. The van der Waals surface area contributed by atoms with Crippen molar-refractivity contribution in [2.24, 2.45) is 0 Å². The molecule has 0 saturated heterocycles. The first-order chi connectivity index (χ1) is 8.19. The van der Waals surface area contributed by atoms with Gasteiger partial charge in [0, 0.05) is 17.0 Å². The summed E-state index contributed by atoms with van der Waals surface area (Å²) in [5.41, 5.74) is 0.656. The SMILES string of the molecule is CCc1ccc(CC(=O)c2ccc(Cl)cc2)o1. The highest BCUT2D eigenvalue weighted by Crippen LogP contribution is 2.14. The Morgan fingerprint density at radius 3 is 2.35 bits per heavy atom. The second kappa shape index (κ2) is 5.19. The number of Topliss-reactive ketones (excluding diaryl/α,β-unsaturated/α-hetero) is 1. The molecule has 0 amide bonds. The quantitative estimate of drug-likeness (QED) is 0.768. The number of hydrogen-bond donors (Lipinski definition) is 0. The van der Waals surface area contributed by atoms with E-state index in [1.165, 1.54) is 0 Å². The Balaban J connectivity index is 2.08. The maximum Gasteiger partial charge on any atom is 0.170 e. The topological polar surface area (TPSA) is 30.2 Å². The molecule has 3 heteroatoms. The number of halogens is 1. The van der Waals surface area contributed by atoms with Gasteiger partial charge in [-0.25, -0.2) is 0 Å². The van der Waals surface area contributed by atoms with E-state index in [0.717, 1.165) is 12.2 Å². The zero-order valence-electron chi connectivity index (χ0n) is 9.57. The van der Waals surface area contributed by atoms with Crippen LogP contribution in [0.4, 0.5) is 0 Å². The molecule has 0 spiro atoms. The van der Waals surface area contributed by atoms with E-state index in [9.17, 15) is 4.79 Å². The van der Waals surface area contributed by atoms with Crippen LogP contribution in [0.15, 0.2) is 40.8 Å². The summed E-state index contributed by atoms with van der Waals surface area (Å²) in [6.45, 7) is 2.02. The predicted octanol–water partition coefficient (Wildman–Crippen LogP) is 3.92. The number of rotatable bonds is 4.